The summed E-state index contributed by atoms with van der Waals surface area (Å²) in [6, 6.07) is 0. The standard InChI is InChI=1S/C22H48N2/c1-23-21-19-17-15-13-11-9-7-5-3-4-6-8-10-12-14-16-18-20-22-24-2/h23-24H,3-22H2,1-2H3. The smallest absolute Gasteiger partial charge is 0.00519 e. The highest BCUT2D eigenvalue weighted by Gasteiger charge is 1.95. The second kappa shape index (κ2) is 22.9. The van der Waals surface area contributed by atoms with Crippen LogP contribution in [0.3, 0.4) is 0 Å². The topological polar surface area (TPSA) is 24.1 Å². The summed E-state index contributed by atoms with van der Waals surface area (Å²) in [5, 5.41) is 6.45. The van der Waals surface area contributed by atoms with E-state index in [0.29, 0.717) is 0 Å². The van der Waals surface area contributed by atoms with Gasteiger partial charge in [-0.05, 0) is 40.0 Å². The predicted octanol–water partition coefficient (Wildman–Crippen LogP) is 6.45. The van der Waals surface area contributed by atoms with Crippen LogP contribution in [0.2, 0.25) is 0 Å². The molecule has 0 rings (SSSR count). The van der Waals surface area contributed by atoms with Gasteiger partial charge in [-0.25, -0.2) is 0 Å². The molecule has 0 aliphatic rings. The molecule has 0 atom stereocenters. The molecule has 0 saturated carbocycles. The van der Waals surface area contributed by atoms with Crippen molar-refractivity contribution in [1.82, 2.24) is 10.6 Å². The van der Waals surface area contributed by atoms with Gasteiger partial charge in [-0.2, -0.15) is 0 Å². The minimum Gasteiger partial charge on any atom is -0.320 e. The SMILES string of the molecule is CNCCCCCCCCCCCCCCCCCCCCNC. The molecule has 0 aliphatic heterocycles. The molecular weight excluding hydrogens is 292 g/mol. The molecule has 0 aliphatic carbocycles. The van der Waals surface area contributed by atoms with Gasteiger partial charge >= 0.3 is 0 Å². The van der Waals surface area contributed by atoms with E-state index < -0.39 is 0 Å². The summed E-state index contributed by atoms with van der Waals surface area (Å²) >= 11 is 0. The molecule has 0 unspecified atom stereocenters. The minimum absolute atomic E-state index is 1.19. The van der Waals surface area contributed by atoms with Crippen LogP contribution in [-0.4, -0.2) is 27.2 Å². The highest BCUT2D eigenvalue weighted by molar-refractivity contribution is 4.51. The largest absolute Gasteiger partial charge is 0.320 e. The van der Waals surface area contributed by atoms with E-state index in [1.165, 1.54) is 129 Å². The molecule has 0 saturated heterocycles. The third-order valence-electron chi connectivity index (χ3n) is 5.10. The zero-order valence-corrected chi connectivity index (χ0v) is 17.1. The summed E-state index contributed by atoms with van der Waals surface area (Å²) in [5.41, 5.74) is 0. The van der Waals surface area contributed by atoms with Crippen molar-refractivity contribution in [2.45, 2.75) is 116 Å². The molecule has 0 heterocycles. The maximum Gasteiger partial charge on any atom is -0.00519 e. The van der Waals surface area contributed by atoms with Crippen molar-refractivity contribution in [2.75, 3.05) is 27.2 Å². The lowest BCUT2D eigenvalue weighted by molar-refractivity contribution is 0.522. The molecular formula is C22H48N2. The van der Waals surface area contributed by atoms with E-state index in [1.807, 2.05) is 14.1 Å². The molecule has 0 aromatic heterocycles. The molecule has 0 bridgehead atoms. The van der Waals surface area contributed by atoms with Crippen molar-refractivity contribution in [2.24, 2.45) is 0 Å². The van der Waals surface area contributed by atoms with Crippen LogP contribution in [0.25, 0.3) is 0 Å². The van der Waals surface area contributed by atoms with Gasteiger partial charge in [-0.3, -0.25) is 0 Å². The Morgan fingerprint density at radius 2 is 0.458 bits per heavy atom. The van der Waals surface area contributed by atoms with Crippen molar-refractivity contribution in [3.63, 3.8) is 0 Å². The van der Waals surface area contributed by atoms with Crippen LogP contribution in [-0.2, 0) is 0 Å². The van der Waals surface area contributed by atoms with Crippen LogP contribution in [0.15, 0.2) is 0 Å². The Morgan fingerprint density at radius 3 is 0.625 bits per heavy atom. The molecule has 0 fully saturated rings. The van der Waals surface area contributed by atoms with Gasteiger partial charge in [0.25, 0.3) is 0 Å². The average Bonchev–Trinajstić information content (AvgIpc) is 2.60. The van der Waals surface area contributed by atoms with E-state index in [2.05, 4.69) is 10.6 Å². The first kappa shape index (κ1) is 23.9. The molecule has 0 aromatic rings. The summed E-state index contributed by atoms with van der Waals surface area (Å²) in [4.78, 5) is 0. The van der Waals surface area contributed by atoms with Gasteiger partial charge < -0.3 is 10.6 Å². The second-order valence-corrected chi connectivity index (χ2v) is 7.57. The fraction of sp³-hybridized carbons (Fsp3) is 1.00. The lowest BCUT2D eigenvalue weighted by Crippen LogP contribution is -2.06. The Labute approximate surface area is 154 Å². The van der Waals surface area contributed by atoms with Gasteiger partial charge in [-0.15, -0.1) is 0 Å². The van der Waals surface area contributed by atoms with Gasteiger partial charge in [0.2, 0.25) is 0 Å². The summed E-state index contributed by atoms with van der Waals surface area (Å²) in [7, 11) is 4.10. The number of rotatable bonds is 21. The third kappa shape index (κ3) is 21.9. The first-order valence-electron chi connectivity index (χ1n) is 11.2. The van der Waals surface area contributed by atoms with Gasteiger partial charge in [0.05, 0.1) is 0 Å². The molecule has 0 aromatic carbocycles. The van der Waals surface area contributed by atoms with Crippen molar-refractivity contribution in [3.8, 4) is 0 Å². The van der Waals surface area contributed by atoms with Gasteiger partial charge in [0.1, 0.15) is 0 Å². The molecule has 2 heteroatoms. The molecule has 2 N–H and O–H groups in total. The van der Waals surface area contributed by atoms with E-state index in [4.69, 9.17) is 0 Å². The Bertz CT molecular complexity index is 184. The number of hydrogen-bond donors (Lipinski definition) is 2. The Kier molecular flexibility index (Phi) is 22.8. The normalized spacial score (nSPS) is 11.2. The first-order valence-corrected chi connectivity index (χ1v) is 11.2. The second-order valence-electron chi connectivity index (χ2n) is 7.57. The van der Waals surface area contributed by atoms with Crippen molar-refractivity contribution >= 4 is 0 Å². The molecule has 24 heavy (non-hydrogen) atoms. The van der Waals surface area contributed by atoms with Gasteiger partial charge in [0.15, 0.2) is 0 Å². The predicted molar refractivity (Wildman–Crippen MR) is 111 cm³/mol. The summed E-state index contributed by atoms with van der Waals surface area (Å²) in [6.07, 6.45) is 26.1. The number of hydrogen-bond acceptors (Lipinski definition) is 2. The first-order chi connectivity index (χ1) is 11.9. The lowest BCUT2D eigenvalue weighted by Gasteiger charge is -2.04. The lowest BCUT2D eigenvalue weighted by atomic mass is 10.0. The van der Waals surface area contributed by atoms with Crippen LogP contribution < -0.4 is 10.6 Å². The molecule has 146 valence electrons. The third-order valence-corrected chi connectivity index (χ3v) is 5.10. The van der Waals surface area contributed by atoms with E-state index in [1.54, 1.807) is 0 Å². The van der Waals surface area contributed by atoms with Gasteiger partial charge in [0, 0.05) is 0 Å². The van der Waals surface area contributed by atoms with E-state index in [0.717, 1.165) is 0 Å². The maximum atomic E-state index is 3.22. The Balaban J connectivity index is 2.93. The van der Waals surface area contributed by atoms with Crippen LogP contribution in [0, 0.1) is 0 Å². The fourth-order valence-corrected chi connectivity index (χ4v) is 3.43. The molecule has 2 nitrogen and oxygen atoms in total. The van der Waals surface area contributed by atoms with Crippen LogP contribution >= 0.6 is 0 Å². The molecule has 0 amide bonds. The number of unbranched alkanes of at least 4 members (excludes halogenated alkanes) is 17. The molecule has 0 radical (unpaired) electrons. The zero-order chi connectivity index (χ0) is 17.6. The van der Waals surface area contributed by atoms with Crippen LogP contribution in [0.1, 0.15) is 116 Å². The highest BCUT2D eigenvalue weighted by Crippen LogP contribution is 2.14. The van der Waals surface area contributed by atoms with E-state index in [-0.39, 0.29) is 0 Å². The number of nitrogens with one attached hydrogen (secondary N) is 2. The highest BCUT2D eigenvalue weighted by atomic mass is 14.8. The van der Waals surface area contributed by atoms with Gasteiger partial charge in [-0.1, -0.05) is 103 Å². The summed E-state index contributed by atoms with van der Waals surface area (Å²) in [5.74, 6) is 0. The van der Waals surface area contributed by atoms with Crippen molar-refractivity contribution < 1.29 is 0 Å². The van der Waals surface area contributed by atoms with Crippen molar-refractivity contribution in [3.05, 3.63) is 0 Å². The quantitative estimate of drug-likeness (QED) is 0.235. The zero-order valence-electron chi connectivity index (χ0n) is 17.1. The van der Waals surface area contributed by atoms with E-state index in [9.17, 15) is 0 Å². The summed E-state index contributed by atoms with van der Waals surface area (Å²) < 4.78 is 0. The Morgan fingerprint density at radius 1 is 0.292 bits per heavy atom. The monoisotopic (exact) mass is 340 g/mol. The Hall–Kier alpha value is -0.0800. The van der Waals surface area contributed by atoms with Crippen molar-refractivity contribution in [1.29, 1.82) is 0 Å². The summed E-state index contributed by atoms with van der Waals surface area (Å²) in [6.45, 7) is 2.38. The maximum absolute atomic E-state index is 3.22. The fourth-order valence-electron chi connectivity index (χ4n) is 3.43. The molecule has 0 spiro atoms. The van der Waals surface area contributed by atoms with Crippen LogP contribution in [0.4, 0.5) is 0 Å². The average molecular weight is 341 g/mol. The minimum atomic E-state index is 1.19. The van der Waals surface area contributed by atoms with Crippen LogP contribution in [0.5, 0.6) is 0 Å². The van der Waals surface area contributed by atoms with E-state index >= 15 is 0 Å².